The van der Waals surface area contributed by atoms with Crippen molar-refractivity contribution in [3.05, 3.63) is 0 Å². The monoisotopic (exact) mass is 422 g/mol. The summed E-state index contributed by atoms with van der Waals surface area (Å²) in [5, 5.41) is 23.3. The molecule has 1 aliphatic carbocycles. The molecule has 9 heteroatoms. The zero-order valence-corrected chi connectivity index (χ0v) is 15.9. The summed E-state index contributed by atoms with van der Waals surface area (Å²) >= 11 is 35.3. The zero-order chi connectivity index (χ0) is 16.8. The van der Waals surface area contributed by atoms with Gasteiger partial charge < -0.3 is 15.3 Å². The number of alkyl halides is 6. The molecule has 1 fully saturated rings. The third-order valence-corrected chi connectivity index (χ3v) is 7.61. The molecule has 0 atom stereocenters. The summed E-state index contributed by atoms with van der Waals surface area (Å²) in [6.45, 7) is 1.35. The van der Waals surface area contributed by atoms with Gasteiger partial charge in [0.1, 0.15) is 0 Å². The first kappa shape index (κ1) is 22.6. The van der Waals surface area contributed by atoms with E-state index in [9.17, 15) is 0 Å². The molecule has 0 unspecified atom stereocenters. The van der Waals surface area contributed by atoms with Crippen molar-refractivity contribution >= 4 is 69.6 Å². The third kappa shape index (κ3) is 5.88. The van der Waals surface area contributed by atoms with Crippen LogP contribution in [0.3, 0.4) is 0 Å². The minimum atomic E-state index is -0.667. The predicted molar refractivity (Wildman–Crippen MR) is 91.8 cm³/mol. The first-order valence-corrected chi connectivity index (χ1v) is 9.00. The fourth-order valence-corrected chi connectivity index (χ4v) is 3.87. The summed E-state index contributed by atoms with van der Waals surface area (Å²) < 4.78 is 0. The van der Waals surface area contributed by atoms with Crippen molar-refractivity contribution in [3.8, 4) is 0 Å². The quantitative estimate of drug-likeness (QED) is 0.608. The lowest BCUT2D eigenvalue weighted by atomic mass is 9.88. The molecule has 0 saturated heterocycles. The number of aliphatic hydroxyl groups is 3. The van der Waals surface area contributed by atoms with E-state index in [-0.39, 0.29) is 19.8 Å². The summed E-state index contributed by atoms with van der Waals surface area (Å²) in [7, 11) is 0. The average molecular weight is 425 g/mol. The van der Waals surface area contributed by atoms with Crippen molar-refractivity contribution in [1.29, 1.82) is 0 Å². The van der Waals surface area contributed by atoms with Crippen LogP contribution in [-0.4, -0.2) is 67.4 Å². The summed E-state index contributed by atoms with van der Waals surface area (Å²) in [5.41, 5.74) is -0.667. The van der Waals surface area contributed by atoms with Gasteiger partial charge in [-0.3, -0.25) is 0 Å². The van der Waals surface area contributed by atoms with E-state index in [1.807, 2.05) is 6.92 Å². The highest BCUT2D eigenvalue weighted by Gasteiger charge is 2.46. The van der Waals surface area contributed by atoms with Crippen molar-refractivity contribution in [2.45, 2.75) is 45.6 Å². The van der Waals surface area contributed by atoms with Gasteiger partial charge in [0, 0.05) is 5.41 Å². The van der Waals surface area contributed by atoms with Gasteiger partial charge in [0.15, 0.2) is 0 Å². The Labute approximate surface area is 155 Å². The zero-order valence-electron chi connectivity index (χ0n) is 11.4. The Bertz CT molecular complexity index is 216. The van der Waals surface area contributed by atoms with Crippen LogP contribution in [0.15, 0.2) is 0 Å². The molecule has 1 rings (SSSR count). The van der Waals surface area contributed by atoms with Gasteiger partial charge in [-0.1, -0.05) is 6.92 Å². The second-order valence-corrected chi connectivity index (χ2v) is 8.02. The van der Waals surface area contributed by atoms with Gasteiger partial charge in [-0.05, 0) is 6.42 Å². The van der Waals surface area contributed by atoms with Gasteiger partial charge in [0.2, 0.25) is 0 Å². The molecular weight excluding hydrogens is 405 g/mol. The van der Waals surface area contributed by atoms with Gasteiger partial charge in [-0.15, -0.1) is 69.6 Å². The molecule has 3 nitrogen and oxygen atoms in total. The molecule has 0 aromatic heterocycles. The number of rotatable bonds is 4. The van der Waals surface area contributed by atoms with Crippen molar-refractivity contribution < 1.29 is 15.3 Å². The van der Waals surface area contributed by atoms with Crippen molar-refractivity contribution in [2.75, 3.05) is 19.8 Å². The maximum atomic E-state index is 8.66. The maximum absolute atomic E-state index is 8.66. The molecule has 0 aromatic rings. The largest absolute Gasteiger partial charge is 0.396 e. The fraction of sp³-hybridized carbons (Fsp3) is 1.00. The van der Waals surface area contributed by atoms with E-state index in [4.69, 9.17) is 84.9 Å². The van der Waals surface area contributed by atoms with Crippen LogP contribution in [0.1, 0.15) is 13.3 Å². The number of aliphatic hydroxyl groups excluding tert-OH is 3. The predicted octanol–water partition coefficient (Wildman–Crippen LogP) is 3.00. The Hall–Kier alpha value is 1.62. The van der Waals surface area contributed by atoms with E-state index in [2.05, 4.69) is 0 Å². The Morgan fingerprint density at radius 2 is 0.810 bits per heavy atom. The molecule has 3 N–H and O–H groups in total. The topological polar surface area (TPSA) is 60.7 Å². The SMILES string of the molecule is CCC(CO)(CO)CO.Cl[C@H]1[C@H](Cl)[C@@H](Cl)[C@@H](Cl)[C@H](Cl)[C@H]1Cl. The normalized spacial score (nSPS) is 36.9. The molecule has 0 aromatic carbocycles. The molecule has 128 valence electrons. The molecule has 0 amide bonds. The lowest BCUT2D eigenvalue weighted by Crippen LogP contribution is -2.52. The first-order valence-electron chi connectivity index (χ1n) is 6.38. The number of halogens is 6. The second-order valence-electron chi connectivity index (χ2n) is 4.99. The van der Waals surface area contributed by atoms with Crippen molar-refractivity contribution in [2.24, 2.45) is 5.41 Å². The van der Waals surface area contributed by atoms with Crippen LogP contribution in [0.2, 0.25) is 0 Å². The standard InChI is InChI=1S/C6H6Cl6.C6H14O3/c7-1-2(8)4(10)6(12)5(11)3(1)9;1-2-6(3-7,4-8)5-9/h1-6H;7-9H,2-5H2,1H3/t1-,2-,3-,4+,5+,6+;. The highest BCUT2D eigenvalue weighted by Crippen LogP contribution is 2.39. The lowest BCUT2D eigenvalue weighted by molar-refractivity contribution is 0.00304. The van der Waals surface area contributed by atoms with Crippen molar-refractivity contribution in [1.82, 2.24) is 0 Å². The molecule has 0 aliphatic heterocycles. The van der Waals surface area contributed by atoms with Crippen LogP contribution in [0.4, 0.5) is 0 Å². The summed E-state index contributed by atoms with van der Waals surface area (Å²) in [6, 6.07) is 0. The Kier molecular flexibility index (Phi) is 11.3. The average Bonchev–Trinajstić information content (AvgIpc) is 2.52. The highest BCUT2D eigenvalue weighted by molar-refractivity contribution is 6.45. The Morgan fingerprint density at radius 3 is 0.857 bits per heavy atom. The van der Waals surface area contributed by atoms with Gasteiger partial charge in [0.05, 0.1) is 52.1 Å². The third-order valence-electron chi connectivity index (χ3n) is 3.58. The van der Waals surface area contributed by atoms with Gasteiger partial charge in [-0.25, -0.2) is 0 Å². The van der Waals surface area contributed by atoms with Crippen LogP contribution in [-0.2, 0) is 0 Å². The second kappa shape index (κ2) is 10.5. The van der Waals surface area contributed by atoms with E-state index in [0.29, 0.717) is 6.42 Å². The van der Waals surface area contributed by atoms with Crippen LogP contribution < -0.4 is 0 Å². The smallest absolute Gasteiger partial charge is 0.0693 e. The maximum Gasteiger partial charge on any atom is 0.0693 e. The Morgan fingerprint density at radius 1 is 0.619 bits per heavy atom. The van der Waals surface area contributed by atoms with E-state index in [1.54, 1.807) is 0 Å². The van der Waals surface area contributed by atoms with E-state index < -0.39 is 37.7 Å². The first-order chi connectivity index (χ1) is 9.71. The summed E-state index contributed by atoms with van der Waals surface area (Å²) in [5.74, 6) is 0. The minimum absolute atomic E-state index is 0.156. The molecular formula is C12H20Cl6O3. The molecule has 0 heterocycles. The molecule has 1 aliphatic rings. The number of hydrogen-bond donors (Lipinski definition) is 3. The van der Waals surface area contributed by atoms with Gasteiger partial charge >= 0.3 is 0 Å². The van der Waals surface area contributed by atoms with E-state index in [0.717, 1.165) is 0 Å². The number of hydrogen-bond acceptors (Lipinski definition) is 3. The molecule has 21 heavy (non-hydrogen) atoms. The van der Waals surface area contributed by atoms with Crippen LogP contribution in [0.5, 0.6) is 0 Å². The fourth-order valence-electron chi connectivity index (χ4n) is 1.54. The van der Waals surface area contributed by atoms with Crippen LogP contribution >= 0.6 is 69.6 Å². The van der Waals surface area contributed by atoms with Crippen molar-refractivity contribution in [3.63, 3.8) is 0 Å². The lowest BCUT2D eigenvalue weighted by Gasteiger charge is -2.37. The molecule has 0 spiro atoms. The molecule has 1 saturated carbocycles. The summed E-state index contributed by atoms with van der Waals surface area (Å²) in [4.78, 5) is 0. The molecule has 0 bridgehead atoms. The minimum Gasteiger partial charge on any atom is -0.396 e. The van der Waals surface area contributed by atoms with E-state index in [1.165, 1.54) is 0 Å². The van der Waals surface area contributed by atoms with Gasteiger partial charge in [0.25, 0.3) is 0 Å². The van der Waals surface area contributed by atoms with Gasteiger partial charge in [-0.2, -0.15) is 0 Å². The summed E-state index contributed by atoms with van der Waals surface area (Å²) in [6.07, 6.45) is 0.594. The van der Waals surface area contributed by atoms with E-state index >= 15 is 0 Å². The van der Waals surface area contributed by atoms with Crippen LogP contribution in [0, 0.1) is 5.41 Å². The van der Waals surface area contributed by atoms with Crippen LogP contribution in [0.25, 0.3) is 0 Å². The Balaban J connectivity index is 0.000000400. The molecule has 0 radical (unpaired) electrons. The highest BCUT2D eigenvalue weighted by atomic mass is 35.5.